The first-order chi connectivity index (χ1) is 4.59. The first-order valence-corrected chi connectivity index (χ1v) is 4.79. The summed E-state index contributed by atoms with van der Waals surface area (Å²) in [5.74, 6) is 0.360. The highest BCUT2D eigenvalue weighted by atomic mass is 35.5. The van der Waals surface area contributed by atoms with Gasteiger partial charge in [0.2, 0.25) is 0 Å². The Morgan fingerprint density at radius 1 is 1.10 bits per heavy atom. The molecule has 2 rings (SSSR count). The van der Waals surface area contributed by atoms with Gasteiger partial charge in [-0.1, -0.05) is 36.0 Å². The van der Waals surface area contributed by atoms with Crippen LogP contribution >= 0.6 is 34.8 Å². The summed E-state index contributed by atoms with van der Waals surface area (Å²) in [6, 6.07) is 0. The summed E-state index contributed by atoms with van der Waals surface area (Å²) in [4.78, 5) is -0.256. The number of hydrogen-bond acceptors (Lipinski definition) is 0. The van der Waals surface area contributed by atoms with Crippen LogP contribution in [0.4, 0.5) is 0 Å². The molecule has 3 heteroatoms. The molecule has 2 aliphatic carbocycles. The van der Waals surface area contributed by atoms with Crippen molar-refractivity contribution >= 4 is 34.8 Å². The van der Waals surface area contributed by atoms with Crippen molar-refractivity contribution in [3.05, 3.63) is 0 Å². The monoisotopic (exact) mass is 198 g/mol. The Hall–Kier alpha value is 0.870. The van der Waals surface area contributed by atoms with Gasteiger partial charge in [-0.05, 0) is 12.8 Å². The maximum Gasteiger partial charge on any atom is 0.142 e. The third-order valence-electron chi connectivity index (χ3n) is 2.74. The zero-order chi connectivity index (χ0) is 7.41. The van der Waals surface area contributed by atoms with E-state index in [1.165, 1.54) is 12.8 Å². The summed E-state index contributed by atoms with van der Waals surface area (Å²) in [6.07, 6.45) is 4.52. The maximum atomic E-state index is 6.17. The van der Waals surface area contributed by atoms with Crippen molar-refractivity contribution < 1.29 is 0 Å². The van der Waals surface area contributed by atoms with Crippen molar-refractivity contribution in [3.63, 3.8) is 0 Å². The molecule has 0 aromatic heterocycles. The van der Waals surface area contributed by atoms with Crippen LogP contribution in [0.1, 0.15) is 25.7 Å². The zero-order valence-corrected chi connectivity index (χ0v) is 7.81. The van der Waals surface area contributed by atoms with E-state index in [1.807, 2.05) is 0 Å². The summed E-state index contributed by atoms with van der Waals surface area (Å²) in [5, 5.41) is 0. The molecule has 0 heterocycles. The second-order valence-corrected chi connectivity index (χ2v) is 5.34. The molecule has 58 valence electrons. The van der Waals surface area contributed by atoms with E-state index in [4.69, 9.17) is 34.8 Å². The fourth-order valence-electron chi connectivity index (χ4n) is 1.98. The van der Waals surface area contributed by atoms with Crippen molar-refractivity contribution in [1.29, 1.82) is 0 Å². The van der Waals surface area contributed by atoms with E-state index in [0.717, 1.165) is 12.8 Å². The van der Waals surface area contributed by atoms with Crippen molar-refractivity contribution in [2.24, 2.45) is 5.92 Å². The molecule has 0 aromatic carbocycles. The van der Waals surface area contributed by atoms with Crippen LogP contribution in [0.25, 0.3) is 0 Å². The second-order valence-electron chi connectivity index (χ2n) is 3.28. The van der Waals surface area contributed by atoms with Gasteiger partial charge in [0.05, 0.1) is 4.87 Å². The van der Waals surface area contributed by atoms with Crippen LogP contribution in [0.5, 0.6) is 0 Å². The molecular formula is C7H9Cl3. The molecule has 0 bridgehead atoms. The van der Waals surface area contributed by atoms with Gasteiger partial charge in [0.15, 0.2) is 0 Å². The molecule has 0 nitrogen and oxygen atoms in total. The smallest absolute Gasteiger partial charge is 0.116 e. The van der Waals surface area contributed by atoms with Gasteiger partial charge >= 0.3 is 0 Å². The Kier molecular flexibility index (Phi) is 1.48. The molecule has 2 unspecified atom stereocenters. The number of fused-ring (bicyclic) bond motifs is 1. The summed E-state index contributed by atoms with van der Waals surface area (Å²) < 4.78 is -0.606. The third kappa shape index (κ3) is 0.707. The Morgan fingerprint density at radius 3 is 2.20 bits per heavy atom. The Labute approximate surface area is 75.8 Å². The Bertz CT molecular complexity index is 166. The maximum absolute atomic E-state index is 6.17. The van der Waals surface area contributed by atoms with Crippen LogP contribution < -0.4 is 0 Å². The summed E-state index contributed by atoms with van der Waals surface area (Å²) >= 11 is 18.2. The van der Waals surface area contributed by atoms with E-state index < -0.39 is 4.33 Å². The topological polar surface area (TPSA) is 0 Å². The van der Waals surface area contributed by atoms with E-state index in [-0.39, 0.29) is 4.87 Å². The highest BCUT2D eigenvalue weighted by Gasteiger charge is 2.75. The van der Waals surface area contributed by atoms with E-state index in [0.29, 0.717) is 5.92 Å². The predicted molar refractivity (Wildman–Crippen MR) is 45.0 cm³/mol. The molecule has 0 aliphatic heterocycles. The van der Waals surface area contributed by atoms with Gasteiger partial charge in [-0.2, -0.15) is 0 Å². The SMILES string of the molecule is ClC1(Cl)C2CCCCC21Cl. The average Bonchev–Trinajstić information content (AvgIpc) is 2.30. The zero-order valence-electron chi connectivity index (χ0n) is 5.54. The van der Waals surface area contributed by atoms with Crippen molar-refractivity contribution in [2.75, 3.05) is 0 Å². The standard InChI is InChI=1S/C7H9Cl3/c8-6-4-2-1-3-5(6)7(6,9)10/h5H,1-4H2. The first-order valence-electron chi connectivity index (χ1n) is 3.66. The lowest BCUT2D eigenvalue weighted by molar-refractivity contribution is 0.498. The lowest BCUT2D eigenvalue weighted by atomic mass is 10.0. The van der Waals surface area contributed by atoms with Crippen molar-refractivity contribution in [1.82, 2.24) is 0 Å². The van der Waals surface area contributed by atoms with Crippen LogP contribution in [0.2, 0.25) is 0 Å². The van der Waals surface area contributed by atoms with E-state index in [1.54, 1.807) is 0 Å². The highest BCUT2D eigenvalue weighted by Crippen LogP contribution is 2.71. The number of hydrogen-bond donors (Lipinski definition) is 0. The fraction of sp³-hybridized carbons (Fsp3) is 1.00. The normalized spacial score (nSPS) is 50.1. The molecular weight excluding hydrogens is 190 g/mol. The molecule has 2 atom stereocenters. The Morgan fingerprint density at radius 2 is 1.80 bits per heavy atom. The van der Waals surface area contributed by atoms with Gasteiger partial charge in [-0.3, -0.25) is 0 Å². The van der Waals surface area contributed by atoms with Crippen molar-refractivity contribution in [3.8, 4) is 0 Å². The quantitative estimate of drug-likeness (QED) is 0.525. The number of halogens is 3. The third-order valence-corrected chi connectivity index (χ3v) is 4.89. The molecule has 2 aliphatic rings. The van der Waals surface area contributed by atoms with Gasteiger partial charge in [-0.15, -0.1) is 11.6 Å². The minimum Gasteiger partial charge on any atom is -0.116 e. The molecule has 0 saturated heterocycles. The van der Waals surface area contributed by atoms with Gasteiger partial charge in [0.1, 0.15) is 4.33 Å². The molecule has 2 saturated carbocycles. The molecule has 2 fully saturated rings. The van der Waals surface area contributed by atoms with Crippen LogP contribution in [0, 0.1) is 5.92 Å². The lowest BCUT2D eigenvalue weighted by Gasteiger charge is -2.12. The molecule has 0 spiro atoms. The fourth-order valence-corrected chi connectivity index (χ4v) is 3.51. The van der Waals surface area contributed by atoms with Crippen LogP contribution in [-0.4, -0.2) is 9.21 Å². The molecule has 10 heavy (non-hydrogen) atoms. The Balaban J connectivity index is 2.20. The van der Waals surface area contributed by atoms with Gasteiger partial charge in [-0.25, -0.2) is 0 Å². The van der Waals surface area contributed by atoms with Crippen LogP contribution in [-0.2, 0) is 0 Å². The van der Waals surface area contributed by atoms with Gasteiger partial charge in [0.25, 0.3) is 0 Å². The minimum atomic E-state index is -0.606. The van der Waals surface area contributed by atoms with Crippen LogP contribution in [0.15, 0.2) is 0 Å². The van der Waals surface area contributed by atoms with E-state index >= 15 is 0 Å². The van der Waals surface area contributed by atoms with E-state index in [2.05, 4.69) is 0 Å². The highest BCUT2D eigenvalue weighted by molar-refractivity contribution is 6.58. The summed E-state index contributed by atoms with van der Waals surface area (Å²) in [5.41, 5.74) is 0. The molecule has 0 radical (unpaired) electrons. The summed E-state index contributed by atoms with van der Waals surface area (Å²) in [7, 11) is 0. The molecule has 0 amide bonds. The average molecular weight is 200 g/mol. The number of rotatable bonds is 0. The van der Waals surface area contributed by atoms with E-state index in [9.17, 15) is 0 Å². The molecule has 0 aromatic rings. The van der Waals surface area contributed by atoms with Crippen molar-refractivity contribution in [2.45, 2.75) is 34.9 Å². The van der Waals surface area contributed by atoms with Crippen LogP contribution in [0.3, 0.4) is 0 Å². The second kappa shape index (κ2) is 1.97. The van der Waals surface area contributed by atoms with Gasteiger partial charge in [0, 0.05) is 5.92 Å². The first kappa shape index (κ1) is 7.52. The minimum absolute atomic E-state index is 0.256. The van der Waals surface area contributed by atoms with Gasteiger partial charge < -0.3 is 0 Å². The largest absolute Gasteiger partial charge is 0.142 e. The summed E-state index contributed by atoms with van der Waals surface area (Å²) in [6.45, 7) is 0. The number of alkyl halides is 3. The lowest BCUT2D eigenvalue weighted by Crippen LogP contribution is -2.10. The predicted octanol–water partition coefficient (Wildman–Crippen LogP) is 3.34. The molecule has 0 N–H and O–H groups in total.